The Balaban J connectivity index is 1.47. The smallest absolute Gasteiger partial charge is 0.303 e. The molecule has 0 saturated heterocycles. The molecule has 4 fully saturated rings. The third kappa shape index (κ3) is 3.71. The number of fused-ring (bicyclic) bond motifs is 5. The Morgan fingerprint density at radius 2 is 1.70 bits per heavy atom. The van der Waals surface area contributed by atoms with Gasteiger partial charge < -0.3 is 9.84 Å². The van der Waals surface area contributed by atoms with Crippen molar-refractivity contribution in [3.05, 3.63) is 0 Å². The Bertz CT molecular complexity index is 674. The first-order chi connectivity index (χ1) is 14.1. The van der Waals surface area contributed by atoms with E-state index < -0.39 is 5.97 Å². The van der Waals surface area contributed by atoms with Crippen LogP contribution in [0.2, 0.25) is 0 Å². The second-order valence-corrected chi connectivity index (χ2v) is 11.8. The summed E-state index contributed by atoms with van der Waals surface area (Å²) in [6.45, 7) is 8.96. The van der Waals surface area contributed by atoms with Gasteiger partial charge in [-0.1, -0.05) is 20.8 Å². The largest absolute Gasteiger partial charge is 0.481 e. The summed E-state index contributed by atoms with van der Waals surface area (Å²) in [4.78, 5) is 22.5. The van der Waals surface area contributed by atoms with Crippen molar-refractivity contribution >= 4 is 11.9 Å². The second-order valence-electron chi connectivity index (χ2n) is 11.8. The van der Waals surface area contributed by atoms with Gasteiger partial charge in [-0.25, -0.2) is 0 Å². The zero-order valence-corrected chi connectivity index (χ0v) is 19.5. The normalized spacial score (nSPS) is 46.3. The second kappa shape index (κ2) is 8.13. The Hall–Kier alpha value is -1.06. The Labute approximate surface area is 182 Å². The van der Waals surface area contributed by atoms with Crippen LogP contribution in [0.1, 0.15) is 98.3 Å². The molecule has 0 aromatic heterocycles. The van der Waals surface area contributed by atoms with Crippen molar-refractivity contribution in [3.63, 3.8) is 0 Å². The lowest BCUT2D eigenvalue weighted by Crippen LogP contribution is -2.54. The summed E-state index contributed by atoms with van der Waals surface area (Å²) in [5.74, 6) is 3.60. The lowest BCUT2D eigenvalue weighted by atomic mass is 9.44. The lowest BCUT2D eigenvalue weighted by Gasteiger charge is -2.61. The maximum Gasteiger partial charge on any atom is 0.303 e. The molecule has 0 heterocycles. The number of carboxylic acid groups (broad SMARTS) is 1. The number of aliphatic carboxylic acids is 1. The number of ether oxygens (including phenoxy) is 1. The van der Waals surface area contributed by atoms with Crippen LogP contribution in [-0.2, 0) is 14.3 Å². The maximum absolute atomic E-state index is 11.5. The minimum Gasteiger partial charge on any atom is -0.481 e. The van der Waals surface area contributed by atoms with Crippen LogP contribution in [0.25, 0.3) is 0 Å². The predicted octanol–water partition coefficient (Wildman–Crippen LogP) is 6.08. The Kier molecular flexibility index (Phi) is 6.00. The average Bonchev–Trinajstić information content (AvgIpc) is 3.03. The summed E-state index contributed by atoms with van der Waals surface area (Å²) < 4.78 is 5.61. The van der Waals surface area contributed by atoms with Crippen molar-refractivity contribution in [1.82, 2.24) is 0 Å². The van der Waals surface area contributed by atoms with Crippen molar-refractivity contribution < 1.29 is 19.4 Å². The number of esters is 1. The highest BCUT2D eigenvalue weighted by Crippen LogP contribution is 2.68. The van der Waals surface area contributed by atoms with Crippen LogP contribution >= 0.6 is 0 Å². The lowest BCUT2D eigenvalue weighted by molar-refractivity contribution is -0.160. The standard InChI is InChI=1S/C26H42O4/c1-16(5-10-24(28)29)21-8-9-22-20-7-6-18-15-19(30-17(2)27)11-13-25(18,3)23(20)12-14-26(21,22)4/h16,18-23H,5-15H2,1-4H3,(H,28,29)/t16-,18+,19+,20+,21-,22+,23+,25+,26-/m1/s1. The Morgan fingerprint density at radius 1 is 1.00 bits per heavy atom. The molecule has 4 heteroatoms. The molecular weight excluding hydrogens is 376 g/mol. The molecule has 0 bridgehead atoms. The fraction of sp³-hybridized carbons (Fsp3) is 0.923. The third-order valence-corrected chi connectivity index (χ3v) is 10.5. The van der Waals surface area contributed by atoms with Crippen LogP contribution in [0.5, 0.6) is 0 Å². The number of rotatable bonds is 5. The van der Waals surface area contributed by atoms with E-state index in [1.807, 2.05) is 0 Å². The molecule has 4 saturated carbocycles. The molecule has 4 rings (SSSR count). The van der Waals surface area contributed by atoms with Crippen molar-refractivity contribution in [3.8, 4) is 0 Å². The summed E-state index contributed by atoms with van der Waals surface area (Å²) in [5, 5.41) is 9.13. The van der Waals surface area contributed by atoms with Gasteiger partial charge in [-0.2, -0.15) is 0 Å². The molecule has 9 atom stereocenters. The van der Waals surface area contributed by atoms with Gasteiger partial charge in [0.1, 0.15) is 6.10 Å². The number of carbonyl (C=O) groups excluding carboxylic acids is 1. The summed E-state index contributed by atoms with van der Waals surface area (Å²) in [7, 11) is 0. The number of carbonyl (C=O) groups is 2. The van der Waals surface area contributed by atoms with E-state index in [0.29, 0.717) is 35.0 Å². The molecule has 4 aliphatic rings. The van der Waals surface area contributed by atoms with Crippen molar-refractivity contribution in [1.29, 1.82) is 0 Å². The molecule has 4 nitrogen and oxygen atoms in total. The molecule has 170 valence electrons. The third-order valence-electron chi connectivity index (χ3n) is 10.5. The summed E-state index contributed by atoms with van der Waals surface area (Å²) in [6, 6.07) is 0. The van der Waals surface area contributed by atoms with E-state index in [2.05, 4.69) is 20.8 Å². The van der Waals surface area contributed by atoms with Crippen LogP contribution in [0.3, 0.4) is 0 Å². The fourth-order valence-electron chi connectivity index (χ4n) is 9.09. The quantitative estimate of drug-likeness (QED) is 0.550. The van der Waals surface area contributed by atoms with Gasteiger partial charge in [0.15, 0.2) is 0 Å². The molecule has 0 aromatic rings. The summed E-state index contributed by atoms with van der Waals surface area (Å²) in [5.41, 5.74) is 0.811. The van der Waals surface area contributed by atoms with Gasteiger partial charge >= 0.3 is 11.9 Å². The first-order valence-electron chi connectivity index (χ1n) is 12.5. The van der Waals surface area contributed by atoms with Crippen molar-refractivity contribution in [2.75, 3.05) is 0 Å². The first kappa shape index (κ1) is 22.1. The van der Waals surface area contributed by atoms with E-state index in [1.165, 1.54) is 44.9 Å². The number of hydrogen-bond acceptors (Lipinski definition) is 3. The SMILES string of the molecule is CC(=O)O[C@H]1CC[C@@]2(C)[C@@H](CC[C@@H]3[C@@H]2CC[C@]2(C)[C@@H]([C@H](C)CCC(=O)O)CC[C@@H]32)C1. The minimum absolute atomic E-state index is 0.125. The van der Waals surface area contributed by atoms with E-state index >= 15 is 0 Å². The van der Waals surface area contributed by atoms with Gasteiger partial charge in [-0.05, 0) is 111 Å². The molecular formula is C26H42O4. The van der Waals surface area contributed by atoms with Gasteiger partial charge in [0, 0.05) is 13.3 Å². The van der Waals surface area contributed by atoms with Crippen LogP contribution < -0.4 is 0 Å². The van der Waals surface area contributed by atoms with Gasteiger partial charge in [-0.3, -0.25) is 9.59 Å². The van der Waals surface area contributed by atoms with E-state index in [-0.39, 0.29) is 12.1 Å². The highest BCUT2D eigenvalue weighted by Gasteiger charge is 2.60. The highest BCUT2D eigenvalue weighted by molar-refractivity contribution is 5.66. The van der Waals surface area contributed by atoms with Crippen LogP contribution in [0, 0.1) is 46.3 Å². The van der Waals surface area contributed by atoms with E-state index in [4.69, 9.17) is 9.84 Å². The molecule has 0 unspecified atom stereocenters. The predicted molar refractivity (Wildman–Crippen MR) is 117 cm³/mol. The minimum atomic E-state index is -0.652. The van der Waals surface area contributed by atoms with E-state index in [9.17, 15) is 9.59 Å². The van der Waals surface area contributed by atoms with E-state index in [1.54, 1.807) is 6.92 Å². The van der Waals surface area contributed by atoms with Gasteiger partial charge in [-0.15, -0.1) is 0 Å². The molecule has 0 radical (unpaired) electrons. The molecule has 0 spiro atoms. The Morgan fingerprint density at radius 3 is 2.40 bits per heavy atom. The molecule has 1 N–H and O–H groups in total. The molecule has 30 heavy (non-hydrogen) atoms. The zero-order chi connectivity index (χ0) is 21.7. The molecule has 0 aromatic carbocycles. The molecule has 0 aliphatic heterocycles. The average molecular weight is 419 g/mol. The van der Waals surface area contributed by atoms with Gasteiger partial charge in [0.05, 0.1) is 0 Å². The summed E-state index contributed by atoms with van der Waals surface area (Å²) in [6.07, 6.45) is 12.5. The van der Waals surface area contributed by atoms with Gasteiger partial charge in [0.25, 0.3) is 0 Å². The highest BCUT2D eigenvalue weighted by atomic mass is 16.5. The van der Waals surface area contributed by atoms with Crippen molar-refractivity contribution in [2.24, 2.45) is 46.3 Å². The number of hydrogen-bond donors (Lipinski definition) is 1. The van der Waals surface area contributed by atoms with Gasteiger partial charge in [0.2, 0.25) is 0 Å². The van der Waals surface area contributed by atoms with E-state index in [0.717, 1.165) is 37.0 Å². The van der Waals surface area contributed by atoms with Crippen molar-refractivity contribution in [2.45, 2.75) is 104 Å². The van der Waals surface area contributed by atoms with Crippen LogP contribution in [-0.4, -0.2) is 23.1 Å². The zero-order valence-electron chi connectivity index (χ0n) is 19.5. The topological polar surface area (TPSA) is 63.6 Å². The van der Waals surface area contributed by atoms with Crippen LogP contribution in [0.15, 0.2) is 0 Å². The summed E-state index contributed by atoms with van der Waals surface area (Å²) >= 11 is 0. The monoisotopic (exact) mass is 418 g/mol. The van der Waals surface area contributed by atoms with Crippen LogP contribution in [0.4, 0.5) is 0 Å². The maximum atomic E-state index is 11.5. The fourth-order valence-corrected chi connectivity index (χ4v) is 9.09. The molecule has 0 amide bonds. The first-order valence-corrected chi connectivity index (χ1v) is 12.5. The molecule has 4 aliphatic carbocycles. The number of carboxylic acids is 1.